The highest BCUT2D eigenvalue weighted by atomic mass is 16.5. The first-order chi connectivity index (χ1) is 9.63. The molecule has 3 nitrogen and oxygen atoms in total. The molecule has 2 N–H and O–H groups in total. The van der Waals surface area contributed by atoms with Gasteiger partial charge in [-0.1, -0.05) is 18.6 Å². The van der Waals surface area contributed by atoms with Gasteiger partial charge in [-0.2, -0.15) is 0 Å². The van der Waals surface area contributed by atoms with Gasteiger partial charge in [-0.15, -0.1) is 0 Å². The molecule has 0 heterocycles. The van der Waals surface area contributed by atoms with Crippen molar-refractivity contribution in [2.75, 3.05) is 6.54 Å². The molecule has 0 saturated heterocycles. The molecule has 1 fully saturated rings. The zero-order valence-electron chi connectivity index (χ0n) is 12.6. The molecule has 1 aliphatic carbocycles. The second-order valence-corrected chi connectivity index (χ2v) is 6.13. The molecule has 0 radical (unpaired) electrons. The molecule has 1 aromatic carbocycles. The normalized spacial score (nSPS) is 23.0. The molecule has 0 spiro atoms. The maximum Gasteiger partial charge on any atom is 0.120 e. The molecule has 0 amide bonds. The quantitative estimate of drug-likeness (QED) is 0.839. The summed E-state index contributed by atoms with van der Waals surface area (Å²) in [5.74, 6) is 1.56. The minimum absolute atomic E-state index is 0.0849. The number of nitrogens with one attached hydrogen (secondary N) is 1. The predicted molar refractivity (Wildman–Crippen MR) is 81.9 cm³/mol. The van der Waals surface area contributed by atoms with Crippen LogP contribution < -0.4 is 10.1 Å². The van der Waals surface area contributed by atoms with Gasteiger partial charge in [0, 0.05) is 6.54 Å². The average Bonchev–Trinajstić information content (AvgIpc) is 2.38. The highest BCUT2D eigenvalue weighted by Crippen LogP contribution is 2.23. The molecule has 2 atom stereocenters. The molecule has 1 aliphatic rings. The summed E-state index contributed by atoms with van der Waals surface area (Å²) in [6.07, 6.45) is 4.45. The maximum absolute atomic E-state index is 9.67. The summed E-state index contributed by atoms with van der Waals surface area (Å²) >= 11 is 0. The minimum atomic E-state index is -0.0849. The SMILES string of the molecule is CC(C)Oc1cccc(CNCC2CCCC(O)C2)c1. The molecular formula is C17H27NO2. The van der Waals surface area contributed by atoms with Gasteiger partial charge in [0.25, 0.3) is 0 Å². The van der Waals surface area contributed by atoms with Crippen LogP contribution in [0, 0.1) is 5.92 Å². The van der Waals surface area contributed by atoms with Crippen LogP contribution in [0.25, 0.3) is 0 Å². The zero-order valence-corrected chi connectivity index (χ0v) is 12.6. The van der Waals surface area contributed by atoms with E-state index in [1.165, 1.54) is 12.0 Å². The Kier molecular flexibility index (Phi) is 5.86. The van der Waals surface area contributed by atoms with E-state index >= 15 is 0 Å². The number of rotatable bonds is 6. The number of ether oxygens (including phenoxy) is 1. The Morgan fingerprint density at radius 3 is 2.95 bits per heavy atom. The number of hydrogen-bond acceptors (Lipinski definition) is 3. The standard InChI is InChI=1S/C17H27NO2/c1-13(2)20-17-8-4-6-15(10-17)12-18-11-14-5-3-7-16(19)9-14/h4,6,8,10,13-14,16,18-19H,3,5,7,9,11-12H2,1-2H3. The van der Waals surface area contributed by atoms with Crippen molar-refractivity contribution in [3.8, 4) is 5.75 Å². The Labute approximate surface area is 122 Å². The van der Waals surface area contributed by atoms with Crippen LogP contribution in [-0.4, -0.2) is 23.9 Å². The summed E-state index contributed by atoms with van der Waals surface area (Å²) in [6.45, 7) is 5.94. The highest BCUT2D eigenvalue weighted by Gasteiger charge is 2.19. The molecule has 3 heteroatoms. The summed E-state index contributed by atoms with van der Waals surface area (Å²) in [5, 5.41) is 13.2. The molecule has 0 bridgehead atoms. The van der Waals surface area contributed by atoms with E-state index in [0.717, 1.165) is 38.1 Å². The number of aliphatic hydroxyl groups is 1. The van der Waals surface area contributed by atoms with Crippen LogP contribution in [0.5, 0.6) is 5.75 Å². The third-order valence-corrected chi connectivity index (χ3v) is 3.79. The fourth-order valence-electron chi connectivity index (χ4n) is 2.87. The lowest BCUT2D eigenvalue weighted by Gasteiger charge is -2.26. The van der Waals surface area contributed by atoms with Gasteiger partial charge >= 0.3 is 0 Å². The molecule has 20 heavy (non-hydrogen) atoms. The van der Waals surface area contributed by atoms with Crippen molar-refractivity contribution in [3.63, 3.8) is 0 Å². The Hall–Kier alpha value is -1.06. The van der Waals surface area contributed by atoms with Crippen LogP contribution in [-0.2, 0) is 6.54 Å². The molecular weight excluding hydrogens is 250 g/mol. The summed E-state index contributed by atoms with van der Waals surface area (Å²) < 4.78 is 5.70. The lowest BCUT2D eigenvalue weighted by atomic mass is 9.87. The summed E-state index contributed by atoms with van der Waals surface area (Å²) in [5.41, 5.74) is 1.25. The van der Waals surface area contributed by atoms with E-state index < -0.39 is 0 Å². The molecule has 2 rings (SSSR count). The van der Waals surface area contributed by atoms with Crippen molar-refractivity contribution in [2.45, 2.75) is 58.3 Å². The van der Waals surface area contributed by atoms with Gasteiger partial charge < -0.3 is 15.2 Å². The maximum atomic E-state index is 9.67. The van der Waals surface area contributed by atoms with Crippen LogP contribution in [0.4, 0.5) is 0 Å². The van der Waals surface area contributed by atoms with Gasteiger partial charge in [0.2, 0.25) is 0 Å². The van der Waals surface area contributed by atoms with Crippen molar-refractivity contribution in [1.29, 1.82) is 0 Å². The first-order valence-corrected chi connectivity index (χ1v) is 7.78. The van der Waals surface area contributed by atoms with E-state index in [1.54, 1.807) is 0 Å². The molecule has 112 valence electrons. The van der Waals surface area contributed by atoms with E-state index in [0.29, 0.717) is 5.92 Å². The second kappa shape index (κ2) is 7.65. The van der Waals surface area contributed by atoms with E-state index in [1.807, 2.05) is 26.0 Å². The topological polar surface area (TPSA) is 41.5 Å². The Bertz CT molecular complexity index is 406. The van der Waals surface area contributed by atoms with Crippen molar-refractivity contribution < 1.29 is 9.84 Å². The summed E-state index contributed by atoms with van der Waals surface area (Å²) in [4.78, 5) is 0. The van der Waals surface area contributed by atoms with Crippen LogP contribution in [0.3, 0.4) is 0 Å². The zero-order chi connectivity index (χ0) is 14.4. The van der Waals surface area contributed by atoms with Crippen molar-refractivity contribution in [1.82, 2.24) is 5.32 Å². The number of hydrogen-bond donors (Lipinski definition) is 2. The number of benzene rings is 1. The Morgan fingerprint density at radius 2 is 2.20 bits per heavy atom. The monoisotopic (exact) mass is 277 g/mol. The Balaban J connectivity index is 1.76. The third kappa shape index (κ3) is 5.14. The smallest absolute Gasteiger partial charge is 0.120 e. The van der Waals surface area contributed by atoms with Gasteiger partial charge in [0.05, 0.1) is 12.2 Å². The fraction of sp³-hybridized carbons (Fsp3) is 0.647. The predicted octanol–water partition coefficient (Wildman–Crippen LogP) is 3.11. The van der Waals surface area contributed by atoms with Crippen molar-refractivity contribution in [2.24, 2.45) is 5.92 Å². The van der Waals surface area contributed by atoms with Gasteiger partial charge in [-0.25, -0.2) is 0 Å². The number of aliphatic hydroxyl groups excluding tert-OH is 1. The average molecular weight is 277 g/mol. The molecule has 1 saturated carbocycles. The van der Waals surface area contributed by atoms with E-state index in [-0.39, 0.29) is 12.2 Å². The van der Waals surface area contributed by atoms with Crippen LogP contribution in [0.15, 0.2) is 24.3 Å². The minimum Gasteiger partial charge on any atom is -0.491 e. The van der Waals surface area contributed by atoms with Crippen molar-refractivity contribution in [3.05, 3.63) is 29.8 Å². The molecule has 0 aliphatic heterocycles. The highest BCUT2D eigenvalue weighted by molar-refractivity contribution is 5.28. The van der Waals surface area contributed by atoms with E-state index in [2.05, 4.69) is 17.4 Å². The van der Waals surface area contributed by atoms with Crippen molar-refractivity contribution >= 4 is 0 Å². The van der Waals surface area contributed by atoms with Gasteiger partial charge in [-0.05, 0) is 63.3 Å². The molecule has 0 aromatic heterocycles. The fourth-order valence-corrected chi connectivity index (χ4v) is 2.87. The lowest BCUT2D eigenvalue weighted by molar-refractivity contribution is 0.101. The third-order valence-electron chi connectivity index (χ3n) is 3.79. The van der Waals surface area contributed by atoms with Crippen LogP contribution >= 0.6 is 0 Å². The summed E-state index contributed by atoms with van der Waals surface area (Å²) in [6, 6.07) is 8.26. The second-order valence-electron chi connectivity index (χ2n) is 6.13. The summed E-state index contributed by atoms with van der Waals surface area (Å²) in [7, 11) is 0. The van der Waals surface area contributed by atoms with Crippen LogP contribution in [0.1, 0.15) is 45.1 Å². The van der Waals surface area contributed by atoms with E-state index in [9.17, 15) is 5.11 Å². The first kappa shape index (κ1) is 15.3. The largest absolute Gasteiger partial charge is 0.491 e. The van der Waals surface area contributed by atoms with Crippen LogP contribution in [0.2, 0.25) is 0 Å². The first-order valence-electron chi connectivity index (χ1n) is 7.78. The Morgan fingerprint density at radius 1 is 1.35 bits per heavy atom. The van der Waals surface area contributed by atoms with Gasteiger partial charge in [-0.3, -0.25) is 0 Å². The molecule has 2 unspecified atom stereocenters. The van der Waals surface area contributed by atoms with Gasteiger partial charge in [0.15, 0.2) is 0 Å². The van der Waals surface area contributed by atoms with Gasteiger partial charge in [0.1, 0.15) is 5.75 Å². The molecule has 1 aromatic rings. The lowest BCUT2D eigenvalue weighted by Crippen LogP contribution is -2.28. The van der Waals surface area contributed by atoms with E-state index in [4.69, 9.17) is 4.74 Å².